The fraction of sp³-hybridized carbons (Fsp3) is 0.304. The molecule has 0 amide bonds. The van der Waals surface area contributed by atoms with E-state index in [1.54, 1.807) is 0 Å². The van der Waals surface area contributed by atoms with Crippen molar-refractivity contribution in [1.82, 2.24) is 9.78 Å². The van der Waals surface area contributed by atoms with Crippen LogP contribution in [0.5, 0.6) is 0 Å². The molecule has 0 N–H and O–H groups in total. The molecule has 0 radical (unpaired) electrons. The van der Waals surface area contributed by atoms with Gasteiger partial charge in [0.1, 0.15) is 0 Å². The molecule has 1 saturated carbocycles. The molecular formula is C23H20N2O. The molecule has 2 aromatic carbocycles. The summed E-state index contributed by atoms with van der Waals surface area (Å²) in [5.41, 5.74) is 6.56. The third kappa shape index (κ3) is 1.89. The van der Waals surface area contributed by atoms with Gasteiger partial charge in [0.25, 0.3) is 0 Å². The molecule has 3 nitrogen and oxygen atoms in total. The van der Waals surface area contributed by atoms with Crippen LogP contribution < -0.4 is 0 Å². The second-order valence-electron chi connectivity index (χ2n) is 8.19. The van der Waals surface area contributed by atoms with Crippen molar-refractivity contribution in [2.24, 2.45) is 11.3 Å². The molecule has 0 unspecified atom stereocenters. The fourth-order valence-corrected chi connectivity index (χ4v) is 5.48. The Hall–Kier alpha value is -2.68. The van der Waals surface area contributed by atoms with Gasteiger partial charge < -0.3 is 0 Å². The van der Waals surface area contributed by atoms with Gasteiger partial charge in [-0.2, -0.15) is 5.10 Å². The average molecular weight is 340 g/mol. The third-order valence-electron chi connectivity index (χ3n) is 6.71. The quantitative estimate of drug-likeness (QED) is 0.693. The first kappa shape index (κ1) is 14.5. The highest BCUT2D eigenvalue weighted by Crippen LogP contribution is 2.61. The predicted molar refractivity (Wildman–Crippen MR) is 102 cm³/mol. The second-order valence-corrected chi connectivity index (χ2v) is 8.19. The third-order valence-corrected chi connectivity index (χ3v) is 6.71. The van der Waals surface area contributed by atoms with E-state index in [1.165, 1.54) is 27.6 Å². The predicted octanol–water partition coefficient (Wildman–Crippen LogP) is 4.39. The standard InChI is InChI=1S/C23H20N2O/c26-22-10-20-17-6-7-21-19(18(17)12-23(20)9-8-16(22)11-23)14-25(24-21)13-15-4-2-1-3-5-15/h1-7,10,14,16H,8-9,11-13H2/t16-,23+/m0/s1. The van der Waals surface area contributed by atoms with Gasteiger partial charge in [-0.05, 0) is 60.1 Å². The van der Waals surface area contributed by atoms with Crippen LogP contribution in [0, 0.1) is 11.3 Å². The van der Waals surface area contributed by atoms with E-state index in [0.717, 1.165) is 37.7 Å². The number of nitrogens with zero attached hydrogens (tertiary/aromatic N) is 2. The molecule has 1 spiro atoms. The SMILES string of the molecule is O=C1C=C2c3ccc4nn(Cc5ccccc5)cc4c3C[C@]23CC[C@H]1C3. The highest BCUT2D eigenvalue weighted by molar-refractivity contribution is 6.05. The van der Waals surface area contributed by atoms with Crippen molar-refractivity contribution in [3.05, 3.63) is 71.4 Å². The first-order valence-electron chi connectivity index (χ1n) is 9.51. The molecule has 6 rings (SSSR count). The number of hydrogen-bond donors (Lipinski definition) is 0. The van der Waals surface area contributed by atoms with E-state index in [-0.39, 0.29) is 11.3 Å². The number of rotatable bonds is 2. The molecule has 1 heterocycles. The van der Waals surface area contributed by atoms with Crippen LogP contribution in [0.15, 0.2) is 54.7 Å². The van der Waals surface area contributed by atoms with Crippen LogP contribution in [0.25, 0.3) is 16.5 Å². The molecule has 2 atom stereocenters. The number of ketones is 1. The minimum atomic E-state index is 0.219. The van der Waals surface area contributed by atoms with Crippen molar-refractivity contribution >= 4 is 22.3 Å². The van der Waals surface area contributed by atoms with Gasteiger partial charge in [-0.15, -0.1) is 0 Å². The van der Waals surface area contributed by atoms with Gasteiger partial charge in [0.2, 0.25) is 0 Å². The number of carbonyl (C=O) groups excluding carboxylic acids is 1. The second kappa shape index (κ2) is 4.94. The molecular weight excluding hydrogens is 320 g/mol. The number of benzene rings is 2. The molecule has 1 fully saturated rings. The maximum Gasteiger partial charge on any atom is 0.159 e. The molecule has 0 aliphatic heterocycles. The molecule has 3 aliphatic carbocycles. The molecule has 0 saturated heterocycles. The average Bonchev–Trinajstić information content (AvgIpc) is 3.31. The Morgan fingerprint density at radius 2 is 2.04 bits per heavy atom. The topological polar surface area (TPSA) is 34.9 Å². The van der Waals surface area contributed by atoms with Gasteiger partial charge in [0.05, 0.1) is 12.1 Å². The van der Waals surface area contributed by atoms with Crippen LogP contribution in [0.1, 0.15) is 36.0 Å². The molecule has 3 aliphatic rings. The number of carbonyl (C=O) groups is 1. The van der Waals surface area contributed by atoms with Crippen molar-refractivity contribution < 1.29 is 4.79 Å². The first-order chi connectivity index (χ1) is 12.7. The largest absolute Gasteiger partial charge is 0.295 e. The Bertz CT molecular complexity index is 1090. The van der Waals surface area contributed by atoms with Crippen molar-refractivity contribution in [1.29, 1.82) is 0 Å². The smallest absolute Gasteiger partial charge is 0.159 e. The fourth-order valence-electron chi connectivity index (χ4n) is 5.48. The monoisotopic (exact) mass is 340 g/mol. The molecule has 2 bridgehead atoms. The summed E-state index contributed by atoms with van der Waals surface area (Å²) < 4.78 is 2.05. The summed E-state index contributed by atoms with van der Waals surface area (Å²) in [5, 5.41) is 6.07. The number of aromatic nitrogens is 2. The zero-order valence-corrected chi connectivity index (χ0v) is 14.6. The Morgan fingerprint density at radius 3 is 2.92 bits per heavy atom. The number of allylic oxidation sites excluding steroid dienone is 2. The van der Waals surface area contributed by atoms with Gasteiger partial charge in [0.15, 0.2) is 5.78 Å². The van der Waals surface area contributed by atoms with Crippen LogP contribution >= 0.6 is 0 Å². The van der Waals surface area contributed by atoms with Gasteiger partial charge in [-0.1, -0.05) is 36.4 Å². The van der Waals surface area contributed by atoms with E-state index < -0.39 is 0 Å². The highest BCUT2D eigenvalue weighted by Gasteiger charge is 2.51. The van der Waals surface area contributed by atoms with Crippen LogP contribution in [0.4, 0.5) is 0 Å². The maximum absolute atomic E-state index is 12.4. The molecule has 3 aromatic rings. The van der Waals surface area contributed by atoms with Crippen molar-refractivity contribution in [2.45, 2.75) is 32.2 Å². The van der Waals surface area contributed by atoms with Crippen molar-refractivity contribution in [2.75, 3.05) is 0 Å². The molecule has 1 aromatic heterocycles. The van der Waals surface area contributed by atoms with Crippen LogP contribution in [-0.4, -0.2) is 15.6 Å². The van der Waals surface area contributed by atoms with Gasteiger partial charge >= 0.3 is 0 Å². The molecule has 128 valence electrons. The summed E-state index contributed by atoms with van der Waals surface area (Å²) in [5.74, 6) is 0.616. The van der Waals surface area contributed by atoms with Crippen molar-refractivity contribution in [3.8, 4) is 0 Å². The Kier molecular flexibility index (Phi) is 2.75. The summed E-state index contributed by atoms with van der Waals surface area (Å²) in [7, 11) is 0. The minimum absolute atomic E-state index is 0.219. The molecule has 26 heavy (non-hydrogen) atoms. The Labute approximate surface area is 152 Å². The zero-order chi connectivity index (χ0) is 17.3. The van der Waals surface area contributed by atoms with E-state index in [9.17, 15) is 4.79 Å². The van der Waals surface area contributed by atoms with Gasteiger partial charge in [-0.3, -0.25) is 9.48 Å². The zero-order valence-electron chi connectivity index (χ0n) is 14.6. The Morgan fingerprint density at radius 1 is 1.15 bits per heavy atom. The van der Waals surface area contributed by atoms with E-state index in [4.69, 9.17) is 5.10 Å². The van der Waals surface area contributed by atoms with Gasteiger partial charge in [-0.25, -0.2) is 0 Å². The van der Waals surface area contributed by atoms with Crippen LogP contribution in [0.2, 0.25) is 0 Å². The van der Waals surface area contributed by atoms with E-state index in [2.05, 4.69) is 47.3 Å². The number of hydrogen-bond acceptors (Lipinski definition) is 2. The summed E-state index contributed by atoms with van der Waals surface area (Å²) in [6.45, 7) is 0.790. The Balaban J connectivity index is 1.47. The number of fused-ring (bicyclic) bond motifs is 5. The minimum Gasteiger partial charge on any atom is -0.295 e. The van der Waals surface area contributed by atoms with E-state index in [0.29, 0.717) is 5.78 Å². The van der Waals surface area contributed by atoms with Crippen molar-refractivity contribution in [3.63, 3.8) is 0 Å². The van der Waals surface area contributed by atoms with E-state index >= 15 is 0 Å². The molecule has 3 heteroatoms. The lowest BCUT2D eigenvalue weighted by Crippen LogP contribution is -2.23. The lowest BCUT2D eigenvalue weighted by atomic mass is 9.74. The summed E-state index contributed by atoms with van der Waals surface area (Å²) in [6, 6.07) is 14.8. The van der Waals surface area contributed by atoms with Crippen LogP contribution in [-0.2, 0) is 17.8 Å². The summed E-state index contributed by atoms with van der Waals surface area (Å²) in [6.07, 6.45) is 8.50. The van der Waals surface area contributed by atoms with E-state index in [1.807, 2.05) is 12.1 Å². The maximum atomic E-state index is 12.4. The van der Waals surface area contributed by atoms with Gasteiger partial charge in [0, 0.05) is 22.9 Å². The summed E-state index contributed by atoms with van der Waals surface area (Å²) >= 11 is 0. The lowest BCUT2D eigenvalue weighted by molar-refractivity contribution is -0.118. The first-order valence-corrected chi connectivity index (χ1v) is 9.51. The highest BCUT2D eigenvalue weighted by atomic mass is 16.1. The summed E-state index contributed by atoms with van der Waals surface area (Å²) in [4.78, 5) is 12.4. The lowest BCUT2D eigenvalue weighted by Gasteiger charge is -2.28. The van der Waals surface area contributed by atoms with Crippen LogP contribution in [0.3, 0.4) is 0 Å². The normalized spacial score (nSPS) is 26.1.